The van der Waals surface area contributed by atoms with E-state index < -0.39 is 0 Å². The number of para-hydroxylation sites is 4. The van der Waals surface area contributed by atoms with Crippen molar-refractivity contribution in [3.05, 3.63) is 217 Å². The van der Waals surface area contributed by atoms with Crippen molar-refractivity contribution < 1.29 is 0 Å². The maximum atomic E-state index is 2.45. The summed E-state index contributed by atoms with van der Waals surface area (Å²) < 4.78 is 0. The molecule has 0 bridgehead atoms. The highest BCUT2D eigenvalue weighted by atomic mass is 15.1. The van der Waals surface area contributed by atoms with Crippen LogP contribution in [0.25, 0.3) is 43.8 Å². The normalized spacial score (nSPS) is 12.7. The van der Waals surface area contributed by atoms with Crippen LogP contribution in [0.15, 0.2) is 200 Å². The first kappa shape index (κ1) is 33.7. The number of nitrogens with zero attached hydrogens (tertiary/aromatic N) is 2. The molecule has 0 atom stereocenters. The SMILES string of the molecule is Cc1c2c3c(cccc3c3cc(N(c4ccccc4)c4ccccc4)ccc13)C(C)(C)c1cc(-c3ccc(N(c4ccccc4)c4ccccc4)cc3)ccc1-2. The van der Waals surface area contributed by atoms with Gasteiger partial charge in [0.05, 0.1) is 0 Å². The Balaban J connectivity index is 1.09. The summed E-state index contributed by atoms with van der Waals surface area (Å²) in [4.78, 5) is 4.67. The van der Waals surface area contributed by atoms with Crippen LogP contribution in [0.5, 0.6) is 0 Å². The summed E-state index contributed by atoms with van der Waals surface area (Å²) in [6.07, 6.45) is 0. The zero-order valence-electron chi connectivity index (χ0n) is 31.9. The maximum Gasteiger partial charge on any atom is 0.0468 e. The molecule has 0 N–H and O–H groups in total. The topological polar surface area (TPSA) is 6.48 Å². The molecular formula is C54H42N2. The molecule has 10 rings (SSSR count). The minimum Gasteiger partial charge on any atom is -0.311 e. The Kier molecular flexibility index (Phi) is 8.08. The highest BCUT2D eigenvalue weighted by molar-refractivity contribution is 6.19. The second-order valence-corrected chi connectivity index (χ2v) is 15.4. The van der Waals surface area contributed by atoms with E-state index in [1.165, 1.54) is 60.5 Å². The van der Waals surface area contributed by atoms with Gasteiger partial charge in [-0.2, -0.15) is 0 Å². The van der Waals surface area contributed by atoms with Gasteiger partial charge in [-0.3, -0.25) is 0 Å². The fourth-order valence-corrected chi connectivity index (χ4v) is 9.06. The maximum absolute atomic E-state index is 2.45. The minimum atomic E-state index is -0.201. The molecular weight excluding hydrogens is 677 g/mol. The third-order valence-electron chi connectivity index (χ3n) is 11.8. The highest BCUT2D eigenvalue weighted by Gasteiger charge is 2.35. The third kappa shape index (κ3) is 5.48. The van der Waals surface area contributed by atoms with Crippen molar-refractivity contribution in [3.63, 3.8) is 0 Å². The highest BCUT2D eigenvalue weighted by Crippen LogP contribution is 2.53. The van der Waals surface area contributed by atoms with Crippen molar-refractivity contribution in [1.82, 2.24) is 0 Å². The molecule has 0 fully saturated rings. The van der Waals surface area contributed by atoms with Gasteiger partial charge in [-0.1, -0.05) is 135 Å². The van der Waals surface area contributed by atoms with Crippen molar-refractivity contribution in [1.29, 1.82) is 0 Å². The van der Waals surface area contributed by atoms with Gasteiger partial charge in [0.25, 0.3) is 0 Å². The largest absolute Gasteiger partial charge is 0.311 e. The second kappa shape index (κ2) is 13.4. The predicted octanol–water partition coefficient (Wildman–Crippen LogP) is 15.2. The van der Waals surface area contributed by atoms with E-state index in [1.54, 1.807) is 0 Å². The molecule has 0 spiro atoms. The van der Waals surface area contributed by atoms with E-state index in [1.807, 2.05) is 0 Å². The van der Waals surface area contributed by atoms with Crippen molar-refractivity contribution in [2.75, 3.05) is 9.80 Å². The zero-order valence-corrected chi connectivity index (χ0v) is 31.9. The Labute approximate surface area is 329 Å². The van der Waals surface area contributed by atoms with Gasteiger partial charge in [-0.25, -0.2) is 0 Å². The lowest BCUT2D eigenvalue weighted by molar-refractivity contribution is 0.645. The first-order chi connectivity index (χ1) is 27.5. The van der Waals surface area contributed by atoms with Gasteiger partial charge < -0.3 is 9.80 Å². The standard InChI is InChI=1S/C54H42N2/c1-37-46-34-32-45(56(42-21-12-6-13-22-42)43-23-14-7-15-24-43)36-49(46)47-25-16-26-50-53(47)52(37)48-33-29-39(35-51(48)54(50,2)3)38-27-30-44(31-28-38)55(40-17-8-4-9-18-40)41-19-10-5-11-20-41/h4-36H,1-3H3. The molecule has 0 saturated carbocycles. The van der Waals surface area contributed by atoms with Crippen molar-refractivity contribution in [3.8, 4) is 22.3 Å². The number of benzene rings is 9. The lowest BCUT2D eigenvalue weighted by Crippen LogP contribution is -2.24. The summed E-state index contributed by atoms with van der Waals surface area (Å²) in [7, 11) is 0. The molecule has 0 aromatic heterocycles. The Bertz CT molecular complexity index is 2780. The number of rotatable bonds is 7. The summed E-state index contributed by atoms with van der Waals surface area (Å²) in [5.41, 5.74) is 15.8. The molecule has 9 aromatic carbocycles. The van der Waals surface area contributed by atoms with Gasteiger partial charge in [-0.05, 0) is 146 Å². The van der Waals surface area contributed by atoms with Gasteiger partial charge in [0.1, 0.15) is 0 Å². The smallest absolute Gasteiger partial charge is 0.0468 e. The quantitative estimate of drug-likeness (QED) is 0.151. The first-order valence-electron chi connectivity index (χ1n) is 19.5. The molecule has 0 saturated heterocycles. The van der Waals surface area contributed by atoms with Crippen LogP contribution in [0.2, 0.25) is 0 Å². The summed E-state index contributed by atoms with van der Waals surface area (Å²) >= 11 is 0. The Morgan fingerprint density at radius 2 is 0.839 bits per heavy atom. The van der Waals surface area contributed by atoms with Crippen molar-refractivity contribution >= 4 is 55.7 Å². The summed E-state index contributed by atoms with van der Waals surface area (Å²) in [6, 6.07) is 72.7. The predicted molar refractivity (Wildman–Crippen MR) is 239 cm³/mol. The van der Waals surface area contributed by atoms with Crippen LogP contribution in [0, 0.1) is 6.92 Å². The molecule has 0 unspecified atom stereocenters. The first-order valence-corrected chi connectivity index (χ1v) is 19.5. The van der Waals surface area contributed by atoms with Crippen LogP contribution >= 0.6 is 0 Å². The lowest BCUT2D eigenvalue weighted by Gasteiger charge is -2.37. The van der Waals surface area contributed by atoms with Gasteiger partial charge in [0.2, 0.25) is 0 Å². The minimum absolute atomic E-state index is 0.201. The summed E-state index contributed by atoms with van der Waals surface area (Å²) in [6.45, 7) is 7.12. The number of hydrogen-bond acceptors (Lipinski definition) is 2. The van der Waals surface area contributed by atoms with Crippen LogP contribution in [0.1, 0.15) is 30.5 Å². The van der Waals surface area contributed by atoms with Gasteiger partial charge in [-0.15, -0.1) is 0 Å². The van der Waals surface area contributed by atoms with Gasteiger partial charge >= 0.3 is 0 Å². The van der Waals surface area contributed by atoms with Crippen LogP contribution < -0.4 is 9.80 Å². The Morgan fingerprint density at radius 3 is 1.39 bits per heavy atom. The number of hydrogen-bond donors (Lipinski definition) is 0. The van der Waals surface area contributed by atoms with Crippen LogP contribution in [0.3, 0.4) is 0 Å². The van der Waals surface area contributed by atoms with E-state index in [2.05, 4.69) is 231 Å². The van der Waals surface area contributed by atoms with E-state index in [4.69, 9.17) is 0 Å². The van der Waals surface area contributed by atoms with Crippen LogP contribution in [-0.2, 0) is 5.41 Å². The van der Waals surface area contributed by atoms with E-state index in [0.29, 0.717) is 0 Å². The average molecular weight is 719 g/mol. The van der Waals surface area contributed by atoms with Crippen molar-refractivity contribution in [2.24, 2.45) is 0 Å². The van der Waals surface area contributed by atoms with Crippen LogP contribution in [-0.4, -0.2) is 0 Å². The molecule has 0 radical (unpaired) electrons. The zero-order chi connectivity index (χ0) is 37.8. The molecule has 56 heavy (non-hydrogen) atoms. The Morgan fingerprint density at radius 1 is 0.357 bits per heavy atom. The molecule has 0 aliphatic heterocycles. The Hall–Kier alpha value is -6.90. The molecule has 268 valence electrons. The summed E-state index contributed by atoms with van der Waals surface area (Å²) in [5.74, 6) is 0. The van der Waals surface area contributed by atoms with Crippen molar-refractivity contribution in [2.45, 2.75) is 26.2 Å². The molecule has 1 aliphatic rings. The third-order valence-corrected chi connectivity index (χ3v) is 11.8. The van der Waals surface area contributed by atoms with Gasteiger partial charge in [0, 0.05) is 39.5 Å². The monoisotopic (exact) mass is 718 g/mol. The van der Waals surface area contributed by atoms with Crippen LogP contribution in [0.4, 0.5) is 34.1 Å². The van der Waals surface area contributed by atoms with E-state index >= 15 is 0 Å². The summed E-state index contributed by atoms with van der Waals surface area (Å²) in [5, 5.41) is 5.26. The molecule has 0 amide bonds. The van der Waals surface area contributed by atoms with Gasteiger partial charge in [0.15, 0.2) is 0 Å². The van der Waals surface area contributed by atoms with E-state index in [9.17, 15) is 0 Å². The second-order valence-electron chi connectivity index (χ2n) is 15.4. The number of aryl methyl sites for hydroxylation is 1. The molecule has 2 heteroatoms. The molecule has 9 aromatic rings. The van der Waals surface area contributed by atoms with E-state index in [-0.39, 0.29) is 5.41 Å². The molecule has 1 aliphatic carbocycles. The molecule has 2 nitrogen and oxygen atoms in total. The number of anilines is 6. The average Bonchev–Trinajstić information content (AvgIpc) is 3.25. The number of fused-ring (bicyclic) bond motifs is 4. The molecule has 0 heterocycles. The fraction of sp³-hybridized carbons (Fsp3) is 0.0741. The lowest BCUT2D eigenvalue weighted by atomic mass is 9.66. The fourth-order valence-electron chi connectivity index (χ4n) is 9.06. The van der Waals surface area contributed by atoms with E-state index in [0.717, 1.165) is 34.1 Å².